The number of nitro groups is 1. The van der Waals surface area contributed by atoms with Crippen LogP contribution in [0.5, 0.6) is 0 Å². The average Bonchev–Trinajstić information content (AvgIpc) is 2.62. The summed E-state index contributed by atoms with van der Waals surface area (Å²) in [5.41, 5.74) is 0.729. The van der Waals surface area contributed by atoms with E-state index < -0.39 is 22.7 Å². The first-order valence-electron chi connectivity index (χ1n) is 6.96. The summed E-state index contributed by atoms with van der Waals surface area (Å²) < 4.78 is 4.55. The number of nitrogens with one attached hydrogen (secondary N) is 2. The summed E-state index contributed by atoms with van der Waals surface area (Å²) in [5.74, 6) is -2.39. The van der Waals surface area contributed by atoms with Gasteiger partial charge in [-0.15, -0.1) is 0 Å². The van der Waals surface area contributed by atoms with E-state index >= 15 is 0 Å². The second-order valence-electron chi connectivity index (χ2n) is 4.78. The Labute approximate surface area is 141 Å². The van der Waals surface area contributed by atoms with Gasteiger partial charge in [0.1, 0.15) is 0 Å². The SMILES string of the molecule is COC(=O)c1ccc(NC(=O)C(=O)Nc2ccc([N+](=O)[O-])cc2)cc1. The molecule has 0 atom stereocenters. The van der Waals surface area contributed by atoms with E-state index in [-0.39, 0.29) is 11.4 Å². The van der Waals surface area contributed by atoms with Crippen molar-refractivity contribution in [2.24, 2.45) is 0 Å². The Hall–Kier alpha value is -3.75. The van der Waals surface area contributed by atoms with Crippen LogP contribution in [0, 0.1) is 10.1 Å². The number of nitrogens with zero attached hydrogens (tertiary/aromatic N) is 1. The van der Waals surface area contributed by atoms with Gasteiger partial charge in [-0.25, -0.2) is 4.79 Å². The summed E-state index contributed by atoms with van der Waals surface area (Å²) in [6.45, 7) is 0. The van der Waals surface area contributed by atoms with Crippen molar-refractivity contribution in [3.8, 4) is 0 Å². The highest BCUT2D eigenvalue weighted by molar-refractivity contribution is 6.43. The van der Waals surface area contributed by atoms with Crippen molar-refractivity contribution >= 4 is 34.8 Å². The number of rotatable bonds is 4. The van der Waals surface area contributed by atoms with E-state index in [1.54, 1.807) is 0 Å². The van der Waals surface area contributed by atoms with Gasteiger partial charge < -0.3 is 15.4 Å². The molecule has 0 aliphatic heterocycles. The van der Waals surface area contributed by atoms with Crippen LogP contribution < -0.4 is 10.6 Å². The summed E-state index contributed by atoms with van der Waals surface area (Å²) >= 11 is 0. The number of nitro benzene ring substituents is 1. The number of hydrogen-bond donors (Lipinski definition) is 2. The maximum Gasteiger partial charge on any atom is 0.337 e. The molecule has 0 spiro atoms. The Morgan fingerprint density at radius 3 is 1.72 bits per heavy atom. The molecule has 0 saturated carbocycles. The maximum absolute atomic E-state index is 11.8. The summed E-state index contributed by atoms with van der Waals surface area (Å²) in [4.78, 5) is 45.0. The monoisotopic (exact) mass is 343 g/mol. The lowest BCUT2D eigenvalue weighted by molar-refractivity contribution is -0.384. The molecular formula is C16H13N3O6. The molecule has 2 rings (SSSR count). The van der Waals surface area contributed by atoms with Crippen molar-refractivity contribution in [3.63, 3.8) is 0 Å². The first-order chi connectivity index (χ1) is 11.9. The molecule has 0 saturated heterocycles. The third kappa shape index (κ3) is 4.61. The summed E-state index contributed by atoms with van der Waals surface area (Å²) in [7, 11) is 1.25. The van der Waals surface area contributed by atoms with Crippen LogP contribution in [0.4, 0.5) is 17.1 Å². The van der Waals surface area contributed by atoms with Gasteiger partial charge in [-0.2, -0.15) is 0 Å². The minimum absolute atomic E-state index is 0.131. The number of benzene rings is 2. The highest BCUT2D eigenvalue weighted by atomic mass is 16.6. The Balaban J connectivity index is 1.96. The van der Waals surface area contributed by atoms with E-state index in [2.05, 4.69) is 15.4 Å². The predicted octanol–water partition coefficient (Wildman–Crippen LogP) is 1.96. The minimum atomic E-state index is -0.939. The molecule has 2 aromatic carbocycles. The molecule has 2 aromatic rings. The molecule has 9 nitrogen and oxygen atoms in total. The number of anilines is 2. The molecule has 2 amide bonds. The number of carbonyl (C=O) groups is 3. The van der Waals surface area contributed by atoms with Crippen LogP contribution in [0.1, 0.15) is 10.4 Å². The van der Waals surface area contributed by atoms with Crippen LogP contribution in [0.3, 0.4) is 0 Å². The van der Waals surface area contributed by atoms with Crippen LogP contribution >= 0.6 is 0 Å². The molecule has 0 bridgehead atoms. The number of amides is 2. The lowest BCUT2D eigenvalue weighted by atomic mass is 10.2. The van der Waals surface area contributed by atoms with E-state index in [0.29, 0.717) is 11.3 Å². The second-order valence-corrected chi connectivity index (χ2v) is 4.78. The summed E-state index contributed by atoms with van der Waals surface area (Å²) in [5, 5.41) is 15.2. The van der Waals surface area contributed by atoms with Crippen LogP contribution in [-0.4, -0.2) is 29.8 Å². The van der Waals surface area contributed by atoms with Gasteiger partial charge >= 0.3 is 17.8 Å². The molecule has 25 heavy (non-hydrogen) atoms. The number of non-ortho nitro benzene ring substituents is 1. The fourth-order valence-electron chi connectivity index (χ4n) is 1.85. The molecule has 2 N–H and O–H groups in total. The molecule has 0 aliphatic rings. The van der Waals surface area contributed by atoms with Gasteiger partial charge in [0.25, 0.3) is 5.69 Å². The minimum Gasteiger partial charge on any atom is -0.465 e. The van der Waals surface area contributed by atoms with E-state index in [1.807, 2.05) is 0 Å². The van der Waals surface area contributed by atoms with Gasteiger partial charge in [0, 0.05) is 23.5 Å². The van der Waals surface area contributed by atoms with E-state index in [4.69, 9.17) is 0 Å². The zero-order chi connectivity index (χ0) is 18.4. The zero-order valence-electron chi connectivity index (χ0n) is 13.0. The third-order valence-electron chi connectivity index (χ3n) is 3.11. The molecule has 9 heteroatoms. The molecule has 0 unspecified atom stereocenters. The third-order valence-corrected chi connectivity index (χ3v) is 3.11. The molecular weight excluding hydrogens is 330 g/mol. The summed E-state index contributed by atoms with van der Waals surface area (Å²) in [6, 6.07) is 10.8. The van der Waals surface area contributed by atoms with Crippen LogP contribution in [0.2, 0.25) is 0 Å². The normalized spacial score (nSPS) is 9.80. The van der Waals surface area contributed by atoms with Gasteiger partial charge in [0.15, 0.2) is 0 Å². The molecule has 0 radical (unpaired) electrons. The van der Waals surface area contributed by atoms with Crippen molar-refractivity contribution in [2.45, 2.75) is 0 Å². The lowest BCUT2D eigenvalue weighted by Gasteiger charge is -2.07. The molecule has 0 fully saturated rings. The maximum atomic E-state index is 11.8. The number of esters is 1. The number of hydrogen-bond acceptors (Lipinski definition) is 6. The largest absolute Gasteiger partial charge is 0.465 e. The predicted molar refractivity (Wildman–Crippen MR) is 88.1 cm³/mol. The lowest BCUT2D eigenvalue weighted by Crippen LogP contribution is -2.29. The number of ether oxygens (including phenoxy) is 1. The Kier molecular flexibility index (Phi) is 5.41. The second kappa shape index (κ2) is 7.68. The van der Waals surface area contributed by atoms with Crippen molar-refractivity contribution in [2.75, 3.05) is 17.7 Å². The average molecular weight is 343 g/mol. The standard InChI is InChI=1S/C16H13N3O6/c1-25-16(22)10-2-4-11(5-3-10)17-14(20)15(21)18-12-6-8-13(9-7-12)19(23)24/h2-9H,1H3,(H,17,20)(H,18,21). The first kappa shape index (κ1) is 17.6. The van der Waals surface area contributed by atoms with Crippen LogP contribution in [0.15, 0.2) is 48.5 Å². The highest BCUT2D eigenvalue weighted by Crippen LogP contribution is 2.15. The van der Waals surface area contributed by atoms with Crippen molar-refractivity contribution in [1.82, 2.24) is 0 Å². The van der Waals surface area contributed by atoms with Gasteiger partial charge in [-0.1, -0.05) is 0 Å². The fraction of sp³-hybridized carbons (Fsp3) is 0.0625. The number of carbonyl (C=O) groups excluding carboxylic acids is 3. The van der Waals surface area contributed by atoms with E-state index in [9.17, 15) is 24.5 Å². The van der Waals surface area contributed by atoms with Crippen molar-refractivity contribution < 1.29 is 24.0 Å². The van der Waals surface area contributed by atoms with Gasteiger partial charge in [-0.3, -0.25) is 19.7 Å². The van der Waals surface area contributed by atoms with Crippen molar-refractivity contribution in [1.29, 1.82) is 0 Å². The molecule has 0 aliphatic carbocycles. The first-order valence-corrected chi connectivity index (χ1v) is 6.96. The van der Waals surface area contributed by atoms with E-state index in [0.717, 1.165) is 0 Å². The smallest absolute Gasteiger partial charge is 0.337 e. The van der Waals surface area contributed by atoms with Crippen LogP contribution in [0.25, 0.3) is 0 Å². The van der Waals surface area contributed by atoms with Gasteiger partial charge in [0.05, 0.1) is 17.6 Å². The quantitative estimate of drug-likeness (QED) is 0.378. The van der Waals surface area contributed by atoms with Gasteiger partial charge in [0.2, 0.25) is 0 Å². The topological polar surface area (TPSA) is 128 Å². The highest BCUT2D eigenvalue weighted by Gasteiger charge is 2.15. The zero-order valence-corrected chi connectivity index (χ0v) is 13.0. The number of methoxy groups -OCH3 is 1. The van der Waals surface area contributed by atoms with Crippen molar-refractivity contribution in [3.05, 3.63) is 64.2 Å². The fourth-order valence-corrected chi connectivity index (χ4v) is 1.85. The molecule has 128 valence electrons. The Morgan fingerprint density at radius 1 is 0.880 bits per heavy atom. The Morgan fingerprint density at radius 2 is 1.32 bits per heavy atom. The Bertz CT molecular complexity index is 815. The summed E-state index contributed by atoms with van der Waals surface area (Å²) in [6.07, 6.45) is 0. The molecule has 0 heterocycles. The van der Waals surface area contributed by atoms with Gasteiger partial charge in [-0.05, 0) is 36.4 Å². The van der Waals surface area contributed by atoms with Crippen LogP contribution in [-0.2, 0) is 14.3 Å². The molecule has 0 aromatic heterocycles. The van der Waals surface area contributed by atoms with E-state index in [1.165, 1.54) is 55.6 Å².